The summed E-state index contributed by atoms with van der Waals surface area (Å²) < 4.78 is 62.9. The molecule has 0 amide bonds. The van der Waals surface area contributed by atoms with Gasteiger partial charge in [-0.1, -0.05) is 0 Å². The van der Waals surface area contributed by atoms with Crippen LogP contribution in [0.15, 0.2) is 0 Å². The third-order valence-electron chi connectivity index (χ3n) is 3.27. The first kappa shape index (κ1) is 12.6. The van der Waals surface area contributed by atoms with E-state index in [2.05, 4.69) is 0 Å². The zero-order chi connectivity index (χ0) is 12.8. The molecule has 0 N–H and O–H groups in total. The topological polar surface area (TPSA) is 81.2 Å². The van der Waals surface area contributed by atoms with Crippen molar-refractivity contribution < 1.29 is 21.0 Å². The Bertz CT molecular complexity index is 485. The van der Waals surface area contributed by atoms with Crippen molar-refractivity contribution in [3.63, 3.8) is 0 Å². The fourth-order valence-electron chi connectivity index (χ4n) is 2.06. The van der Waals surface area contributed by atoms with Crippen LogP contribution < -0.4 is 0 Å². The number of hydrogen-bond donors (Lipinski definition) is 0. The Balaban J connectivity index is 2.67. The van der Waals surface area contributed by atoms with Gasteiger partial charge in [0.05, 0.1) is 0 Å². The van der Waals surface area contributed by atoms with Gasteiger partial charge in [-0.25, -0.2) is 0 Å². The van der Waals surface area contributed by atoms with E-state index >= 15 is 4.20 Å². The molecule has 2 fully saturated rings. The zero-order valence-electron chi connectivity index (χ0n) is 9.06. The molecule has 16 heavy (non-hydrogen) atoms. The van der Waals surface area contributed by atoms with Gasteiger partial charge in [0.15, 0.2) is 0 Å². The summed E-state index contributed by atoms with van der Waals surface area (Å²) in [7, 11) is -8.42. The normalized spacial score (nSPS) is 39.4. The molecule has 96 valence electrons. The molecule has 1 spiro atoms. The molecule has 2 aliphatic rings. The van der Waals surface area contributed by atoms with E-state index < -0.39 is 27.9 Å². The van der Waals surface area contributed by atoms with Crippen molar-refractivity contribution in [2.75, 3.05) is 28.2 Å². The monoisotopic (exact) mass is 294 g/mol. The molecule has 12 heteroatoms. The van der Waals surface area contributed by atoms with E-state index in [4.69, 9.17) is 0 Å². The molecule has 0 aromatic rings. The quantitative estimate of drug-likeness (QED) is 0.555. The van der Waals surface area contributed by atoms with E-state index in [-0.39, 0.29) is 0 Å². The Morgan fingerprint density at radius 2 is 0.938 bits per heavy atom. The number of nitrogens with zero attached hydrogens (tertiary/aromatic N) is 4. The molecule has 0 aliphatic carbocycles. The molecule has 2 rings (SSSR count). The van der Waals surface area contributed by atoms with Crippen LogP contribution in [-0.4, -0.2) is 61.3 Å². The maximum absolute atomic E-state index is 15.1. The summed E-state index contributed by atoms with van der Waals surface area (Å²) in [6, 6.07) is 0. The summed E-state index contributed by atoms with van der Waals surface area (Å²) in [5.41, 5.74) is 0. The Kier molecular flexibility index (Phi) is 2.03. The fourth-order valence-corrected chi connectivity index (χ4v) is 15.4. The van der Waals surface area contributed by atoms with Gasteiger partial charge in [-0.05, 0) is 0 Å². The van der Waals surface area contributed by atoms with Crippen LogP contribution in [0.3, 0.4) is 0 Å². The van der Waals surface area contributed by atoms with Gasteiger partial charge in [-0.2, -0.15) is 0 Å². The Hall–Kier alpha value is 0.1000. The predicted molar refractivity (Wildman–Crippen MR) is 56.9 cm³/mol. The molecule has 2 saturated heterocycles. The molecule has 0 unspecified atom stereocenters. The second kappa shape index (κ2) is 2.58. The van der Waals surface area contributed by atoms with Crippen LogP contribution in [0.25, 0.3) is 0 Å². The van der Waals surface area contributed by atoms with Crippen molar-refractivity contribution in [3.05, 3.63) is 0 Å². The van der Waals surface area contributed by atoms with E-state index in [1.807, 2.05) is 0 Å². The van der Waals surface area contributed by atoms with E-state index in [9.17, 15) is 16.8 Å². The number of rotatable bonds is 0. The first-order chi connectivity index (χ1) is 6.94. The Morgan fingerprint density at radius 1 is 0.750 bits per heavy atom. The molecule has 8 nitrogen and oxygen atoms in total. The van der Waals surface area contributed by atoms with Crippen molar-refractivity contribution in [2.24, 2.45) is 0 Å². The molecule has 0 saturated carbocycles. The molecule has 0 aromatic carbocycles. The Morgan fingerprint density at radius 3 is 1.12 bits per heavy atom. The summed E-state index contributed by atoms with van der Waals surface area (Å²) in [4.78, 5) is 0. The summed E-state index contributed by atoms with van der Waals surface area (Å²) in [5, 5.41) is 0. The Labute approximate surface area is 93.8 Å². The molecule has 2 aliphatic heterocycles. The SMILES string of the molecule is CN1S(=O)(=O)N(C)P12(F)N(C)S(=O)(=O)N2C. The molecular weight excluding hydrogens is 282 g/mol. The summed E-state index contributed by atoms with van der Waals surface area (Å²) >= 11 is 0. The second-order valence-electron chi connectivity index (χ2n) is 3.59. The minimum atomic E-state index is -4.80. The van der Waals surface area contributed by atoms with E-state index in [1.54, 1.807) is 0 Å². The maximum atomic E-state index is 15.1. The van der Waals surface area contributed by atoms with Crippen LogP contribution >= 0.6 is 7.52 Å². The molecule has 2 heterocycles. The van der Waals surface area contributed by atoms with E-state index in [0.29, 0.717) is 16.3 Å². The van der Waals surface area contributed by atoms with Crippen LogP contribution in [0.2, 0.25) is 0 Å². The fraction of sp³-hybridized carbons (Fsp3) is 1.00. The average Bonchev–Trinajstić information content (AvgIpc) is 2.24. The van der Waals surface area contributed by atoms with Crippen molar-refractivity contribution in [1.82, 2.24) is 16.3 Å². The van der Waals surface area contributed by atoms with Crippen molar-refractivity contribution in [1.29, 1.82) is 0 Å². The molecule has 0 atom stereocenters. The first-order valence-electron chi connectivity index (χ1n) is 4.15. The van der Waals surface area contributed by atoms with Gasteiger partial charge in [0.25, 0.3) is 0 Å². The molecule has 0 radical (unpaired) electrons. The molecule has 0 bridgehead atoms. The number of halogens is 1. The summed E-state index contributed by atoms with van der Waals surface area (Å²) in [6.07, 6.45) is 0. The van der Waals surface area contributed by atoms with Crippen LogP contribution in [0.5, 0.6) is 0 Å². The van der Waals surface area contributed by atoms with Gasteiger partial charge in [0, 0.05) is 0 Å². The summed E-state index contributed by atoms with van der Waals surface area (Å²) in [5.74, 6) is 0. The average molecular weight is 294 g/mol. The van der Waals surface area contributed by atoms with E-state index in [0.717, 1.165) is 28.2 Å². The number of hydrogen-bond acceptors (Lipinski definition) is 4. The van der Waals surface area contributed by atoms with Crippen LogP contribution in [0.1, 0.15) is 0 Å². The van der Waals surface area contributed by atoms with E-state index in [1.165, 1.54) is 0 Å². The summed E-state index contributed by atoms with van der Waals surface area (Å²) in [6.45, 7) is 0. The minimum absolute atomic E-state index is 0.500. The second-order valence-corrected chi connectivity index (χ2v) is 12.7. The van der Waals surface area contributed by atoms with Crippen molar-refractivity contribution in [2.45, 2.75) is 0 Å². The zero-order valence-corrected chi connectivity index (χ0v) is 11.6. The molecule has 0 aromatic heterocycles. The van der Waals surface area contributed by atoms with Gasteiger partial charge < -0.3 is 0 Å². The third-order valence-corrected chi connectivity index (χ3v) is 15.7. The molecular formula is C4H12FN4O4PS2. The van der Waals surface area contributed by atoms with Gasteiger partial charge in [0.2, 0.25) is 0 Å². The third kappa shape index (κ3) is 0.769. The van der Waals surface area contributed by atoms with Gasteiger partial charge >= 0.3 is 93.5 Å². The van der Waals surface area contributed by atoms with Crippen LogP contribution in [0, 0.1) is 0 Å². The predicted octanol–water partition coefficient (Wildman–Crippen LogP) is -0.672. The van der Waals surface area contributed by atoms with Crippen LogP contribution in [-0.2, 0) is 20.4 Å². The van der Waals surface area contributed by atoms with Gasteiger partial charge in [-0.15, -0.1) is 0 Å². The van der Waals surface area contributed by atoms with Crippen molar-refractivity contribution in [3.8, 4) is 0 Å². The van der Waals surface area contributed by atoms with Crippen molar-refractivity contribution >= 4 is 27.9 Å². The first-order valence-corrected chi connectivity index (χ1v) is 8.89. The van der Waals surface area contributed by atoms with Crippen LogP contribution in [0.4, 0.5) is 4.20 Å². The standard InChI is InChI=1S/C4H12FN4O4PS2/c1-6-14(5,7(2)15(6,10)11)8(3)16(12,13)9(14)4/h1-4H3. The van der Waals surface area contributed by atoms with Gasteiger partial charge in [-0.3, -0.25) is 0 Å². The van der Waals surface area contributed by atoms with Gasteiger partial charge in [0.1, 0.15) is 0 Å².